The van der Waals surface area contributed by atoms with Crippen molar-refractivity contribution >= 4 is 17.8 Å². The van der Waals surface area contributed by atoms with Gasteiger partial charge in [0.15, 0.2) is 0 Å². The molecule has 0 aromatic heterocycles. The summed E-state index contributed by atoms with van der Waals surface area (Å²) in [5.41, 5.74) is 0. The van der Waals surface area contributed by atoms with E-state index in [0.29, 0.717) is 6.42 Å². The molecule has 1 amide bonds. The number of amides is 1. The largest absolute Gasteiger partial charge is 0.481 e. The number of unbranched alkanes of at least 4 members (excludes halogenated alkanes) is 5. The number of nitrogens with one attached hydrogen (secondary N) is 1. The van der Waals surface area contributed by atoms with E-state index in [1.807, 2.05) is 0 Å². The first-order valence-electron chi connectivity index (χ1n) is 7.21. The Kier molecular flexibility index (Phi) is 10.4. The van der Waals surface area contributed by atoms with E-state index in [2.05, 4.69) is 12.2 Å². The summed E-state index contributed by atoms with van der Waals surface area (Å²) < 4.78 is 0. The third-order valence-corrected chi connectivity index (χ3v) is 3.04. The molecular weight excluding hydrogens is 262 g/mol. The van der Waals surface area contributed by atoms with Gasteiger partial charge in [-0.05, 0) is 12.8 Å². The number of carbonyl (C=O) groups excluding carboxylic acids is 1. The number of carboxylic acids is 2. The average Bonchev–Trinajstić information content (AvgIpc) is 2.38. The van der Waals surface area contributed by atoms with Crippen LogP contribution in [0.1, 0.15) is 64.7 Å². The molecule has 0 fully saturated rings. The van der Waals surface area contributed by atoms with Gasteiger partial charge in [-0.2, -0.15) is 0 Å². The van der Waals surface area contributed by atoms with E-state index in [-0.39, 0.29) is 18.7 Å². The van der Waals surface area contributed by atoms with Crippen molar-refractivity contribution in [3.05, 3.63) is 0 Å². The van der Waals surface area contributed by atoms with Crippen molar-refractivity contribution in [1.82, 2.24) is 5.32 Å². The minimum absolute atomic E-state index is 0.0904. The Morgan fingerprint density at radius 1 is 0.950 bits per heavy atom. The Hall–Kier alpha value is -1.59. The highest BCUT2D eigenvalue weighted by Gasteiger charge is 2.20. The lowest BCUT2D eigenvalue weighted by atomic mass is 10.1. The average molecular weight is 287 g/mol. The molecule has 6 nitrogen and oxygen atoms in total. The van der Waals surface area contributed by atoms with Crippen LogP contribution in [-0.2, 0) is 14.4 Å². The maximum Gasteiger partial charge on any atom is 0.326 e. The van der Waals surface area contributed by atoms with Gasteiger partial charge in [-0.1, -0.05) is 39.0 Å². The van der Waals surface area contributed by atoms with Gasteiger partial charge in [0.25, 0.3) is 0 Å². The lowest BCUT2D eigenvalue weighted by Crippen LogP contribution is -2.41. The SMILES string of the molecule is CCCCCCCCC(=O)N[C@@H](CCC(=O)O)C(=O)O. The highest BCUT2D eigenvalue weighted by Crippen LogP contribution is 2.07. The van der Waals surface area contributed by atoms with Crippen LogP contribution in [0.15, 0.2) is 0 Å². The molecule has 0 bridgehead atoms. The summed E-state index contributed by atoms with van der Waals surface area (Å²) in [4.78, 5) is 32.9. The van der Waals surface area contributed by atoms with Crippen LogP contribution in [-0.4, -0.2) is 34.1 Å². The van der Waals surface area contributed by atoms with E-state index in [1.54, 1.807) is 0 Å². The maximum absolute atomic E-state index is 11.6. The molecule has 3 N–H and O–H groups in total. The van der Waals surface area contributed by atoms with Crippen LogP contribution in [0, 0.1) is 0 Å². The van der Waals surface area contributed by atoms with Crippen molar-refractivity contribution < 1.29 is 24.6 Å². The molecule has 0 aliphatic rings. The number of carboxylic acid groups (broad SMARTS) is 2. The lowest BCUT2D eigenvalue weighted by molar-refractivity contribution is -0.143. The first-order chi connectivity index (χ1) is 9.47. The zero-order chi connectivity index (χ0) is 15.4. The molecule has 6 heteroatoms. The van der Waals surface area contributed by atoms with Crippen molar-refractivity contribution in [3.8, 4) is 0 Å². The first-order valence-corrected chi connectivity index (χ1v) is 7.21. The van der Waals surface area contributed by atoms with Crippen LogP contribution < -0.4 is 5.32 Å². The molecule has 0 aromatic carbocycles. The molecular formula is C14H25NO5. The van der Waals surface area contributed by atoms with Crippen LogP contribution in [0.25, 0.3) is 0 Å². The number of hydrogen-bond donors (Lipinski definition) is 3. The predicted molar refractivity (Wildman–Crippen MR) is 74.4 cm³/mol. The van der Waals surface area contributed by atoms with E-state index >= 15 is 0 Å². The van der Waals surface area contributed by atoms with Crippen molar-refractivity contribution in [1.29, 1.82) is 0 Å². The van der Waals surface area contributed by atoms with Crippen molar-refractivity contribution in [2.45, 2.75) is 70.8 Å². The highest BCUT2D eigenvalue weighted by atomic mass is 16.4. The third kappa shape index (κ3) is 10.3. The summed E-state index contributed by atoms with van der Waals surface area (Å²) in [6, 6.07) is -1.11. The molecule has 0 saturated carbocycles. The second-order valence-corrected chi connectivity index (χ2v) is 4.91. The fourth-order valence-electron chi connectivity index (χ4n) is 1.86. The summed E-state index contributed by atoms with van der Waals surface area (Å²) in [5.74, 6) is -2.58. The van der Waals surface area contributed by atoms with Gasteiger partial charge in [0.2, 0.25) is 5.91 Å². The Morgan fingerprint density at radius 3 is 2.10 bits per heavy atom. The van der Waals surface area contributed by atoms with E-state index in [4.69, 9.17) is 10.2 Å². The molecule has 0 heterocycles. The van der Waals surface area contributed by atoms with E-state index in [0.717, 1.165) is 25.7 Å². The quantitative estimate of drug-likeness (QED) is 0.477. The smallest absolute Gasteiger partial charge is 0.326 e. The molecule has 0 aliphatic carbocycles. The fraction of sp³-hybridized carbons (Fsp3) is 0.786. The molecule has 1 atom stereocenters. The van der Waals surface area contributed by atoms with E-state index in [9.17, 15) is 14.4 Å². The highest BCUT2D eigenvalue weighted by molar-refractivity contribution is 5.83. The lowest BCUT2D eigenvalue weighted by Gasteiger charge is -2.13. The van der Waals surface area contributed by atoms with Gasteiger partial charge in [0.1, 0.15) is 6.04 Å². The van der Waals surface area contributed by atoms with Gasteiger partial charge in [0, 0.05) is 12.8 Å². The second kappa shape index (κ2) is 11.3. The Balaban J connectivity index is 3.84. The van der Waals surface area contributed by atoms with Crippen LogP contribution in [0.5, 0.6) is 0 Å². The predicted octanol–water partition coefficient (Wildman–Crippen LogP) is 2.17. The monoisotopic (exact) mass is 287 g/mol. The van der Waals surface area contributed by atoms with Gasteiger partial charge < -0.3 is 15.5 Å². The van der Waals surface area contributed by atoms with E-state index < -0.39 is 18.0 Å². The molecule has 0 saturated heterocycles. The fourth-order valence-corrected chi connectivity index (χ4v) is 1.86. The van der Waals surface area contributed by atoms with Crippen LogP contribution in [0.4, 0.5) is 0 Å². The summed E-state index contributed by atoms with van der Waals surface area (Å²) in [6.07, 6.45) is 6.25. The standard InChI is InChI=1S/C14H25NO5/c1-2-3-4-5-6-7-8-12(16)15-11(14(19)20)9-10-13(17)18/h11H,2-10H2,1H3,(H,15,16)(H,17,18)(H,19,20)/t11-/m0/s1. The first kappa shape index (κ1) is 18.4. The summed E-state index contributed by atoms with van der Waals surface area (Å²) in [6.45, 7) is 2.14. The Bertz CT molecular complexity index is 317. The van der Waals surface area contributed by atoms with Gasteiger partial charge in [-0.3, -0.25) is 9.59 Å². The molecule has 116 valence electrons. The van der Waals surface area contributed by atoms with Gasteiger partial charge in [-0.25, -0.2) is 4.79 Å². The van der Waals surface area contributed by atoms with Crippen LogP contribution in [0.2, 0.25) is 0 Å². The normalized spacial score (nSPS) is 11.8. The molecule has 0 spiro atoms. The molecule has 20 heavy (non-hydrogen) atoms. The van der Waals surface area contributed by atoms with Gasteiger partial charge >= 0.3 is 11.9 Å². The molecule has 0 radical (unpaired) electrons. The zero-order valence-electron chi connectivity index (χ0n) is 12.1. The minimum atomic E-state index is -1.19. The number of carbonyl (C=O) groups is 3. The van der Waals surface area contributed by atoms with E-state index in [1.165, 1.54) is 12.8 Å². The van der Waals surface area contributed by atoms with Crippen molar-refractivity contribution in [2.75, 3.05) is 0 Å². The summed E-state index contributed by atoms with van der Waals surface area (Å²) in [7, 11) is 0. The number of rotatable bonds is 12. The van der Waals surface area contributed by atoms with Gasteiger partial charge in [-0.15, -0.1) is 0 Å². The van der Waals surface area contributed by atoms with Crippen LogP contribution >= 0.6 is 0 Å². The Morgan fingerprint density at radius 2 is 1.55 bits per heavy atom. The summed E-state index contributed by atoms with van der Waals surface area (Å²) >= 11 is 0. The molecule has 0 unspecified atom stereocenters. The molecule has 0 rings (SSSR count). The number of hydrogen-bond acceptors (Lipinski definition) is 3. The van der Waals surface area contributed by atoms with Crippen molar-refractivity contribution in [2.24, 2.45) is 0 Å². The third-order valence-electron chi connectivity index (χ3n) is 3.04. The molecule has 0 aliphatic heterocycles. The zero-order valence-corrected chi connectivity index (χ0v) is 12.1. The summed E-state index contributed by atoms with van der Waals surface area (Å²) in [5, 5.41) is 19.8. The van der Waals surface area contributed by atoms with Crippen molar-refractivity contribution in [3.63, 3.8) is 0 Å². The van der Waals surface area contributed by atoms with Crippen LogP contribution in [0.3, 0.4) is 0 Å². The Labute approximate surface area is 119 Å². The minimum Gasteiger partial charge on any atom is -0.481 e. The number of aliphatic carboxylic acids is 2. The second-order valence-electron chi connectivity index (χ2n) is 4.91. The molecule has 0 aromatic rings. The maximum atomic E-state index is 11.6. The van der Waals surface area contributed by atoms with Gasteiger partial charge in [0.05, 0.1) is 0 Å². The topological polar surface area (TPSA) is 104 Å².